The van der Waals surface area contributed by atoms with E-state index < -0.39 is 59.1 Å². The van der Waals surface area contributed by atoms with E-state index in [0.29, 0.717) is 38.7 Å². The fourth-order valence-corrected chi connectivity index (χ4v) is 7.93. The molecule has 4 N–H and O–H groups in total. The predicted molar refractivity (Wildman–Crippen MR) is 193 cm³/mol. The van der Waals surface area contributed by atoms with Gasteiger partial charge in [-0.1, -0.05) is 66.4 Å². The maximum atomic E-state index is 14.4. The quantitative estimate of drug-likeness (QED) is 0.159. The summed E-state index contributed by atoms with van der Waals surface area (Å²) < 4.78 is 5.94. The minimum atomic E-state index is -1.15. The molecule has 0 radical (unpaired) electrons. The molecular weight excluding hydrogens is 668 g/mol. The zero-order valence-corrected chi connectivity index (χ0v) is 31.7. The lowest BCUT2D eigenvalue weighted by Crippen LogP contribution is -2.61. The number of urea groups is 1. The van der Waals surface area contributed by atoms with Crippen molar-refractivity contribution >= 4 is 41.4 Å². The van der Waals surface area contributed by atoms with Gasteiger partial charge >= 0.3 is 6.03 Å². The highest BCUT2D eigenvalue weighted by Crippen LogP contribution is 2.39. The average Bonchev–Trinajstić information content (AvgIpc) is 3.75. The number of nitrogens with zero attached hydrogens (tertiary/aromatic N) is 2. The van der Waals surface area contributed by atoms with Gasteiger partial charge in [-0.15, -0.1) is 6.58 Å². The number of piperidine rings is 1. The Morgan fingerprint density at radius 2 is 1.60 bits per heavy atom. The number of ether oxygens (including phenoxy) is 1. The van der Waals surface area contributed by atoms with E-state index >= 15 is 0 Å². The maximum Gasteiger partial charge on any atom is 0.315 e. The number of rotatable bonds is 9. The van der Waals surface area contributed by atoms with Gasteiger partial charge in [0.15, 0.2) is 0 Å². The SMILES string of the molecule is C=CCNC(=O)C(=O)[C@@H]1CCCCCCCOC[C@H](NC(=O)N[C@H](CN2C(=O)C3CCC(C3)C2=O)C(C)(C)C)C(=O)N2CC[C@H](C(C)C)[C@H]2C(=O)N1. The standard InChI is InChI=1S/C38H60N6O8/c1-7-17-39-33(47)31(45)27-13-11-9-8-10-12-19-52-22-28(36(50)43-18-16-26(23(2)3)30(43)32(46)40-27)41-37(51)42-29(38(4,5)6)21-44-34(48)24-14-15-25(20-24)35(44)49/h7,23-30H,1,8-22H2,2-6H3,(H,39,47)(H,40,46)(H2,41,42,51)/t24?,25?,26-,27+,28+,29-,30+/m1/s1. The number of likely N-dealkylation sites (tertiary alicyclic amines) is 1. The van der Waals surface area contributed by atoms with Gasteiger partial charge in [-0.2, -0.15) is 0 Å². The van der Waals surface area contributed by atoms with E-state index in [4.69, 9.17) is 4.74 Å². The minimum absolute atomic E-state index is 0.0122. The Bertz CT molecular complexity index is 1340. The normalized spacial score (nSPS) is 28.6. The molecular formula is C38H60N6O8. The summed E-state index contributed by atoms with van der Waals surface area (Å²) in [4.78, 5) is 97.1. The predicted octanol–water partition coefficient (Wildman–Crippen LogP) is 2.45. The molecule has 4 fully saturated rings. The molecule has 14 nitrogen and oxygen atoms in total. The van der Waals surface area contributed by atoms with E-state index in [1.165, 1.54) is 15.9 Å². The summed E-state index contributed by atoms with van der Waals surface area (Å²) >= 11 is 0. The van der Waals surface area contributed by atoms with Gasteiger partial charge in [0.25, 0.3) is 5.91 Å². The van der Waals surface area contributed by atoms with Gasteiger partial charge in [0.05, 0.1) is 18.7 Å². The highest BCUT2D eigenvalue weighted by Gasteiger charge is 2.48. The Hall–Kier alpha value is -3.81. The number of imide groups is 1. The molecule has 4 aliphatic rings. The fourth-order valence-electron chi connectivity index (χ4n) is 7.93. The van der Waals surface area contributed by atoms with E-state index in [2.05, 4.69) is 27.8 Å². The lowest BCUT2D eigenvalue weighted by Gasteiger charge is -2.38. The van der Waals surface area contributed by atoms with Crippen molar-refractivity contribution in [2.75, 3.05) is 32.8 Å². The molecule has 0 aromatic carbocycles. The van der Waals surface area contributed by atoms with Crippen molar-refractivity contribution in [2.24, 2.45) is 29.1 Å². The van der Waals surface area contributed by atoms with Crippen LogP contribution in [-0.4, -0.2) is 108 Å². The number of carbonyl (C=O) groups is 7. The van der Waals surface area contributed by atoms with Crippen LogP contribution in [0.5, 0.6) is 0 Å². The second-order valence-electron chi connectivity index (χ2n) is 16.3. The van der Waals surface area contributed by atoms with Crippen LogP contribution in [0.3, 0.4) is 0 Å². The topological polar surface area (TPSA) is 183 Å². The van der Waals surface area contributed by atoms with Gasteiger partial charge < -0.3 is 30.9 Å². The number of carbonyl (C=O) groups excluding carboxylic acids is 7. The molecule has 2 unspecified atom stereocenters. The fraction of sp³-hybridized carbons (Fsp3) is 0.763. The molecule has 3 saturated heterocycles. The van der Waals surface area contributed by atoms with Gasteiger partial charge in [0.2, 0.25) is 29.4 Å². The number of fused-ring (bicyclic) bond motifs is 3. The van der Waals surface area contributed by atoms with Crippen LogP contribution in [0, 0.1) is 29.1 Å². The van der Waals surface area contributed by atoms with Crippen molar-refractivity contribution < 1.29 is 38.3 Å². The number of Topliss-reactive ketones (excluding diaryl/α,β-unsaturated/α-hetero) is 1. The molecule has 2 bridgehead atoms. The summed E-state index contributed by atoms with van der Waals surface area (Å²) in [5.74, 6) is -3.53. The molecule has 0 aromatic heterocycles. The van der Waals surface area contributed by atoms with E-state index in [1.807, 2.05) is 34.6 Å². The Balaban J connectivity index is 1.55. The Labute approximate surface area is 307 Å². The van der Waals surface area contributed by atoms with Crippen LogP contribution in [0.1, 0.15) is 98.8 Å². The zero-order valence-electron chi connectivity index (χ0n) is 31.7. The lowest BCUT2D eigenvalue weighted by atomic mass is 9.85. The van der Waals surface area contributed by atoms with Gasteiger partial charge in [0, 0.05) is 38.1 Å². The van der Waals surface area contributed by atoms with Crippen molar-refractivity contribution in [2.45, 2.75) is 123 Å². The average molecular weight is 729 g/mol. The van der Waals surface area contributed by atoms with E-state index in [-0.39, 0.29) is 68.1 Å². The van der Waals surface area contributed by atoms with Crippen LogP contribution >= 0.6 is 0 Å². The molecule has 0 spiro atoms. The van der Waals surface area contributed by atoms with Crippen LogP contribution in [0.25, 0.3) is 0 Å². The summed E-state index contributed by atoms with van der Waals surface area (Å²) in [5, 5.41) is 11.1. The molecule has 1 aliphatic carbocycles. The second-order valence-corrected chi connectivity index (χ2v) is 16.3. The summed E-state index contributed by atoms with van der Waals surface area (Å²) in [6, 6.07) is -4.41. The monoisotopic (exact) mass is 728 g/mol. The van der Waals surface area contributed by atoms with Gasteiger partial charge in [-0.3, -0.25) is 33.7 Å². The van der Waals surface area contributed by atoms with Gasteiger partial charge in [0.1, 0.15) is 12.1 Å². The lowest BCUT2D eigenvalue weighted by molar-refractivity contribution is -0.153. The van der Waals surface area contributed by atoms with E-state index in [0.717, 1.165) is 25.7 Å². The molecule has 7 amide bonds. The third-order valence-electron chi connectivity index (χ3n) is 11.2. The van der Waals surface area contributed by atoms with Crippen LogP contribution in [0.15, 0.2) is 12.7 Å². The van der Waals surface area contributed by atoms with Crippen molar-refractivity contribution in [3.8, 4) is 0 Å². The molecule has 1 saturated carbocycles. The Morgan fingerprint density at radius 1 is 0.942 bits per heavy atom. The number of nitrogens with one attached hydrogen (secondary N) is 4. The van der Waals surface area contributed by atoms with Crippen molar-refractivity contribution in [3.63, 3.8) is 0 Å². The molecule has 3 aliphatic heterocycles. The van der Waals surface area contributed by atoms with E-state index in [9.17, 15) is 33.6 Å². The largest absolute Gasteiger partial charge is 0.379 e. The molecule has 7 atom stereocenters. The Morgan fingerprint density at radius 3 is 2.23 bits per heavy atom. The molecule has 14 heteroatoms. The van der Waals surface area contributed by atoms with Crippen LogP contribution in [0.2, 0.25) is 0 Å². The highest BCUT2D eigenvalue weighted by atomic mass is 16.5. The molecule has 0 aromatic rings. The highest BCUT2D eigenvalue weighted by molar-refractivity contribution is 6.38. The first-order valence-corrected chi connectivity index (χ1v) is 19.2. The summed E-state index contributed by atoms with van der Waals surface area (Å²) in [5.41, 5.74) is -0.547. The third kappa shape index (κ3) is 10.2. The Kier molecular flexibility index (Phi) is 14.4. The first kappa shape index (κ1) is 41.0. The summed E-state index contributed by atoms with van der Waals surface area (Å²) in [6.45, 7) is 13.9. The molecule has 290 valence electrons. The van der Waals surface area contributed by atoms with Gasteiger partial charge in [-0.05, 0) is 55.8 Å². The number of ketones is 1. The minimum Gasteiger partial charge on any atom is -0.379 e. The zero-order chi connectivity index (χ0) is 38.2. The molecule has 4 rings (SSSR count). The molecule has 3 heterocycles. The third-order valence-corrected chi connectivity index (χ3v) is 11.2. The first-order chi connectivity index (χ1) is 24.6. The maximum absolute atomic E-state index is 14.4. The van der Waals surface area contributed by atoms with Crippen molar-refractivity contribution in [1.82, 2.24) is 31.1 Å². The van der Waals surface area contributed by atoms with Crippen molar-refractivity contribution in [3.05, 3.63) is 12.7 Å². The number of hydrogen-bond donors (Lipinski definition) is 4. The van der Waals surface area contributed by atoms with Crippen molar-refractivity contribution in [1.29, 1.82) is 0 Å². The summed E-state index contributed by atoms with van der Waals surface area (Å²) in [7, 11) is 0. The number of amides is 7. The molecule has 52 heavy (non-hydrogen) atoms. The van der Waals surface area contributed by atoms with Gasteiger partial charge in [-0.25, -0.2) is 4.79 Å². The number of hydrogen-bond acceptors (Lipinski definition) is 8. The van der Waals surface area contributed by atoms with Crippen LogP contribution in [-0.2, 0) is 33.5 Å². The van der Waals surface area contributed by atoms with Crippen LogP contribution < -0.4 is 21.3 Å². The smallest absolute Gasteiger partial charge is 0.315 e. The summed E-state index contributed by atoms with van der Waals surface area (Å²) in [6.07, 6.45) is 8.10. The second kappa shape index (κ2) is 18.3. The first-order valence-electron chi connectivity index (χ1n) is 19.2. The van der Waals surface area contributed by atoms with E-state index in [1.54, 1.807) is 0 Å². The van der Waals surface area contributed by atoms with Crippen LogP contribution in [0.4, 0.5) is 4.79 Å².